The summed E-state index contributed by atoms with van der Waals surface area (Å²) >= 11 is 23.9. The molecule has 5 aromatic rings. The van der Waals surface area contributed by atoms with Crippen LogP contribution in [0.2, 0.25) is 20.1 Å². The van der Waals surface area contributed by atoms with Crippen molar-refractivity contribution in [2.75, 3.05) is 19.3 Å². The van der Waals surface area contributed by atoms with Crippen molar-refractivity contribution >= 4 is 80.6 Å². The third-order valence-corrected chi connectivity index (χ3v) is 8.45. The van der Waals surface area contributed by atoms with Crippen LogP contribution in [0.3, 0.4) is 0 Å². The van der Waals surface area contributed by atoms with Gasteiger partial charge in [0.15, 0.2) is 0 Å². The number of anilines is 1. The lowest BCUT2D eigenvalue weighted by Gasteiger charge is -2.21. The lowest BCUT2D eigenvalue weighted by Crippen LogP contribution is -2.43. The van der Waals surface area contributed by atoms with E-state index in [1.165, 1.54) is 25.2 Å². The maximum Gasteiger partial charge on any atom is 0.328 e. The molecule has 1 heterocycles. The van der Waals surface area contributed by atoms with Crippen molar-refractivity contribution in [2.24, 2.45) is 0 Å². The number of amides is 3. The molecule has 0 atom stereocenters. The molecule has 0 bridgehead atoms. The van der Waals surface area contributed by atoms with Crippen molar-refractivity contribution in [3.8, 4) is 0 Å². The molecule has 49 heavy (non-hydrogen) atoms. The SMILES string of the molecule is CNC(=O)N(CCc1ccc(Cl)cc1Cl)C(=O)c1ccc(N)cc1.O=c1[nH]c2cc([N+](=O)[O-])ccc2c(=O)n1CCc1ccc(Cl)cc1Cl. The van der Waals surface area contributed by atoms with Crippen LogP contribution in [-0.2, 0) is 19.4 Å². The smallest absolute Gasteiger partial charge is 0.328 e. The average Bonchev–Trinajstić information content (AvgIpc) is 3.06. The second kappa shape index (κ2) is 16.5. The van der Waals surface area contributed by atoms with Gasteiger partial charge in [-0.25, -0.2) is 9.59 Å². The Labute approximate surface area is 299 Å². The van der Waals surface area contributed by atoms with E-state index in [-0.39, 0.29) is 29.7 Å². The summed E-state index contributed by atoms with van der Waals surface area (Å²) in [4.78, 5) is 63.2. The van der Waals surface area contributed by atoms with Crippen LogP contribution in [0.15, 0.2) is 88.5 Å². The van der Waals surface area contributed by atoms with E-state index in [1.54, 1.807) is 60.7 Å². The van der Waals surface area contributed by atoms with Crippen molar-refractivity contribution in [3.05, 3.63) is 147 Å². The largest absolute Gasteiger partial charge is 0.399 e. The molecule has 0 fully saturated rings. The van der Waals surface area contributed by atoms with Gasteiger partial charge < -0.3 is 16.0 Å². The molecule has 4 N–H and O–H groups in total. The summed E-state index contributed by atoms with van der Waals surface area (Å²) in [5, 5.41) is 15.5. The third-order valence-electron chi connectivity index (χ3n) is 7.28. The minimum absolute atomic E-state index is 0.114. The molecule has 1 aromatic heterocycles. The number of nitrogens with two attached hydrogens (primary N) is 1. The number of aryl methyl sites for hydroxylation is 1. The van der Waals surface area contributed by atoms with Gasteiger partial charge in [-0.2, -0.15) is 0 Å². The van der Waals surface area contributed by atoms with Crippen LogP contribution in [0.25, 0.3) is 10.9 Å². The number of nitrogens with one attached hydrogen (secondary N) is 2. The maximum atomic E-state index is 12.6. The molecule has 0 aliphatic rings. The summed E-state index contributed by atoms with van der Waals surface area (Å²) < 4.78 is 1.04. The number of aromatic nitrogens is 2. The van der Waals surface area contributed by atoms with E-state index in [0.717, 1.165) is 20.6 Å². The van der Waals surface area contributed by atoms with Crippen molar-refractivity contribution in [1.29, 1.82) is 0 Å². The zero-order valence-corrected chi connectivity index (χ0v) is 28.7. The summed E-state index contributed by atoms with van der Waals surface area (Å²) in [6.45, 7) is 0.298. The first-order chi connectivity index (χ1) is 23.3. The number of nitrogens with zero attached hydrogens (tertiary/aromatic N) is 3. The number of hydrogen-bond acceptors (Lipinski definition) is 7. The number of aromatic amines is 1. The van der Waals surface area contributed by atoms with Crippen LogP contribution in [0.5, 0.6) is 0 Å². The molecule has 0 spiro atoms. The van der Waals surface area contributed by atoms with Crippen LogP contribution in [-0.4, -0.2) is 44.9 Å². The number of non-ortho nitro benzene ring substituents is 1. The fraction of sp³-hybridized carbons (Fsp3) is 0.152. The Morgan fingerprint density at radius 3 is 2.02 bits per heavy atom. The number of nitro benzene ring substituents is 1. The summed E-state index contributed by atoms with van der Waals surface area (Å²) in [6.07, 6.45) is 0.779. The molecular formula is C33H28Cl4N6O6. The molecule has 0 radical (unpaired) electrons. The lowest BCUT2D eigenvalue weighted by molar-refractivity contribution is -0.384. The van der Waals surface area contributed by atoms with E-state index < -0.39 is 28.1 Å². The number of rotatable bonds is 8. The molecule has 12 nitrogen and oxygen atoms in total. The molecular weight excluding hydrogens is 718 g/mol. The topological polar surface area (TPSA) is 173 Å². The number of imide groups is 1. The first-order valence-electron chi connectivity index (χ1n) is 14.5. The number of fused-ring (bicyclic) bond motifs is 1. The number of urea groups is 1. The zero-order chi connectivity index (χ0) is 35.8. The fourth-order valence-electron chi connectivity index (χ4n) is 4.68. The molecule has 254 valence electrons. The van der Waals surface area contributed by atoms with Crippen molar-refractivity contribution < 1.29 is 14.5 Å². The third kappa shape index (κ3) is 9.39. The van der Waals surface area contributed by atoms with E-state index in [0.29, 0.717) is 44.2 Å². The monoisotopic (exact) mass is 744 g/mol. The Morgan fingerprint density at radius 2 is 1.47 bits per heavy atom. The van der Waals surface area contributed by atoms with Gasteiger partial charge in [-0.1, -0.05) is 58.5 Å². The normalized spacial score (nSPS) is 10.6. The van der Waals surface area contributed by atoms with Gasteiger partial charge in [-0.05, 0) is 78.6 Å². The molecule has 0 aliphatic heterocycles. The first kappa shape index (κ1) is 36.9. The van der Waals surface area contributed by atoms with Crippen LogP contribution in [0, 0.1) is 10.1 Å². The highest BCUT2D eigenvalue weighted by Gasteiger charge is 2.22. The first-order valence-corrected chi connectivity index (χ1v) is 16.0. The highest BCUT2D eigenvalue weighted by molar-refractivity contribution is 6.35. The quantitative estimate of drug-likeness (QED) is 0.0895. The number of carbonyl (C=O) groups excluding carboxylic acids is 2. The van der Waals surface area contributed by atoms with Gasteiger partial charge in [0.05, 0.1) is 15.8 Å². The van der Waals surface area contributed by atoms with Crippen LogP contribution >= 0.6 is 46.4 Å². The van der Waals surface area contributed by atoms with Gasteiger partial charge in [-0.15, -0.1) is 0 Å². The number of nitrogen functional groups attached to an aromatic ring is 1. The van der Waals surface area contributed by atoms with Crippen LogP contribution in [0.4, 0.5) is 16.2 Å². The average molecular weight is 746 g/mol. The Kier molecular flexibility index (Phi) is 12.4. The van der Waals surface area contributed by atoms with Gasteiger partial charge in [0.25, 0.3) is 17.2 Å². The Morgan fingerprint density at radius 1 is 0.878 bits per heavy atom. The van der Waals surface area contributed by atoms with Gasteiger partial charge in [0, 0.05) is 63.6 Å². The van der Waals surface area contributed by atoms with Gasteiger partial charge >= 0.3 is 11.7 Å². The number of nitro groups is 1. The molecule has 3 amide bonds. The van der Waals surface area contributed by atoms with E-state index in [1.807, 2.05) is 0 Å². The number of carbonyl (C=O) groups is 2. The van der Waals surface area contributed by atoms with E-state index in [9.17, 15) is 29.3 Å². The molecule has 0 unspecified atom stereocenters. The Balaban J connectivity index is 0.000000221. The van der Waals surface area contributed by atoms with Crippen molar-refractivity contribution in [2.45, 2.75) is 19.4 Å². The van der Waals surface area contributed by atoms with Crippen molar-refractivity contribution in [1.82, 2.24) is 19.8 Å². The predicted molar refractivity (Wildman–Crippen MR) is 192 cm³/mol. The highest BCUT2D eigenvalue weighted by Crippen LogP contribution is 2.23. The second-order valence-electron chi connectivity index (χ2n) is 10.5. The van der Waals surface area contributed by atoms with E-state index >= 15 is 0 Å². The fourth-order valence-corrected chi connectivity index (χ4v) is 5.69. The predicted octanol–water partition coefficient (Wildman–Crippen LogP) is 6.75. The van der Waals surface area contributed by atoms with Crippen LogP contribution < -0.4 is 22.3 Å². The summed E-state index contributed by atoms with van der Waals surface area (Å²) in [5.41, 5.74) is 6.89. The van der Waals surface area contributed by atoms with Gasteiger partial charge in [0.1, 0.15) is 0 Å². The van der Waals surface area contributed by atoms with Gasteiger partial charge in [-0.3, -0.25) is 29.2 Å². The minimum atomic E-state index is -0.636. The zero-order valence-electron chi connectivity index (χ0n) is 25.7. The molecule has 0 saturated heterocycles. The highest BCUT2D eigenvalue weighted by atomic mass is 35.5. The lowest BCUT2D eigenvalue weighted by atomic mass is 10.1. The Bertz CT molecular complexity index is 2150. The summed E-state index contributed by atoms with van der Waals surface area (Å²) in [7, 11) is 1.47. The number of H-pyrrole nitrogens is 1. The summed E-state index contributed by atoms with van der Waals surface area (Å²) in [6, 6.07) is 19.8. The van der Waals surface area contributed by atoms with E-state index in [2.05, 4.69) is 10.3 Å². The molecule has 0 aliphatic carbocycles. The second-order valence-corrected chi connectivity index (χ2v) is 12.2. The molecule has 0 saturated carbocycles. The number of benzene rings is 4. The molecule has 5 rings (SSSR count). The summed E-state index contributed by atoms with van der Waals surface area (Å²) in [5.74, 6) is -0.403. The molecule has 16 heteroatoms. The minimum Gasteiger partial charge on any atom is -0.399 e. The van der Waals surface area contributed by atoms with Gasteiger partial charge in [0.2, 0.25) is 0 Å². The Hall–Kier alpha value is -4.88. The van der Waals surface area contributed by atoms with Crippen LogP contribution in [0.1, 0.15) is 21.5 Å². The maximum absolute atomic E-state index is 12.6. The van der Waals surface area contributed by atoms with E-state index in [4.69, 9.17) is 52.1 Å². The number of halogens is 4. The molecule has 4 aromatic carbocycles. The standard InChI is InChI=1S/C17H17Cl2N3O2.C16H11Cl2N3O4/c1-21-17(24)22(16(23)12-3-6-14(20)7-4-12)9-8-11-2-5-13(18)10-15(11)19;17-10-2-1-9(13(18)7-10)5-6-20-15(22)12-4-3-11(21(24)25)8-14(12)19-16(20)23/h2-7,10H,8-9,20H2,1H3,(H,21,24);1-4,7-8H,5-6H2,(H,19,23). The van der Waals surface area contributed by atoms with Crippen molar-refractivity contribution in [3.63, 3.8) is 0 Å². The number of hydrogen-bond donors (Lipinski definition) is 3.